The first-order valence-corrected chi connectivity index (χ1v) is 12.1. The van der Waals surface area contributed by atoms with E-state index in [1.165, 1.54) is 5.56 Å². The lowest BCUT2D eigenvalue weighted by Gasteiger charge is -2.34. The van der Waals surface area contributed by atoms with Gasteiger partial charge in [-0.3, -0.25) is 9.78 Å². The van der Waals surface area contributed by atoms with Gasteiger partial charge in [-0.05, 0) is 54.7 Å². The molecule has 5 nitrogen and oxygen atoms in total. The first-order chi connectivity index (χ1) is 17.1. The normalized spacial score (nSPS) is 15.7. The summed E-state index contributed by atoms with van der Waals surface area (Å²) in [6.07, 6.45) is 4.00. The number of aliphatic hydroxyl groups excluding tert-OH is 1. The Kier molecular flexibility index (Phi) is 6.68. The van der Waals surface area contributed by atoms with Crippen molar-refractivity contribution in [3.05, 3.63) is 113 Å². The summed E-state index contributed by atoms with van der Waals surface area (Å²) < 4.78 is 0. The standard InChI is InChI=1S/C30H29N3O2/c1-21-27(17-25(18-31-21)26-13-6-5-11-24(26)20-34)30(35)28-14-7-15-29(32-28)33-16-8-12-23(19-33)22-9-3-2-4-10-22/h2-7,9-11,13-15,17-18,23,34H,8,12,16,19-20H2,1H3. The molecule has 1 atom stereocenters. The van der Waals surface area contributed by atoms with Crippen molar-refractivity contribution < 1.29 is 9.90 Å². The Hall–Kier alpha value is -3.83. The van der Waals surface area contributed by atoms with E-state index in [-0.39, 0.29) is 12.4 Å². The molecule has 1 saturated heterocycles. The second-order valence-corrected chi connectivity index (χ2v) is 9.08. The summed E-state index contributed by atoms with van der Waals surface area (Å²) in [4.78, 5) is 25.1. The zero-order valence-electron chi connectivity index (χ0n) is 19.9. The summed E-state index contributed by atoms with van der Waals surface area (Å²) >= 11 is 0. The van der Waals surface area contributed by atoms with Gasteiger partial charge in [-0.25, -0.2) is 4.98 Å². The van der Waals surface area contributed by atoms with Crippen molar-refractivity contribution in [1.29, 1.82) is 0 Å². The molecular formula is C30H29N3O2. The van der Waals surface area contributed by atoms with Crippen LogP contribution in [-0.4, -0.2) is 33.9 Å². The minimum Gasteiger partial charge on any atom is -0.392 e. The Morgan fingerprint density at radius 3 is 2.66 bits per heavy atom. The molecule has 2 aromatic carbocycles. The van der Waals surface area contributed by atoms with Crippen molar-refractivity contribution in [1.82, 2.24) is 9.97 Å². The molecule has 1 aliphatic heterocycles. The van der Waals surface area contributed by atoms with Gasteiger partial charge in [0.2, 0.25) is 5.78 Å². The molecule has 1 N–H and O–H groups in total. The molecule has 1 aliphatic rings. The van der Waals surface area contributed by atoms with Gasteiger partial charge in [0.1, 0.15) is 11.5 Å². The summed E-state index contributed by atoms with van der Waals surface area (Å²) in [5.74, 6) is 1.15. The van der Waals surface area contributed by atoms with E-state index in [1.807, 2.05) is 49.4 Å². The number of rotatable bonds is 6. The smallest absolute Gasteiger partial charge is 0.213 e. The van der Waals surface area contributed by atoms with Crippen LogP contribution >= 0.6 is 0 Å². The average molecular weight is 464 g/mol. The Balaban J connectivity index is 1.42. The molecule has 0 saturated carbocycles. The van der Waals surface area contributed by atoms with Crippen molar-refractivity contribution >= 4 is 11.6 Å². The number of carbonyl (C=O) groups is 1. The highest BCUT2D eigenvalue weighted by molar-refractivity contribution is 6.09. The van der Waals surface area contributed by atoms with Crippen molar-refractivity contribution in [2.45, 2.75) is 32.3 Å². The number of carbonyl (C=O) groups excluding carboxylic acids is 1. The number of ketones is 1. The molecule has 0 aliphatic carbocycles. The van der Waals surface area contributed by atoms with Gasteiger partial charge in [-0.1, -0.05) is 60.7 Å². The van der Waals surface area contributed by atoms with Crippen LogP contribution in [0.5, 0.6) is 0 Å². The van der Waals surface area contributed by atoms with E-state index in [0.717, 1.165) is 48.4 Å². The summed E-state index contributed by atoms with van der Waals surface area (Å²) in [6.45, 7) is 3.59. The number of piperidine rings is 1. The molecule has 4 aromatic rings. The average Bonchev–Trinajstić information content (AvgIpc) is 2.93. The van der Waals surface area contributed by atoms with Gasteiger partial charge in [-0.2, -0.15) is 0 Å². The highest BCUT2D eigenvalue weighted by Crippen LogP contribution is 2.30. The van der Waals surface area contributed by atoms with Gasteiger partial charge in [-0.15, -0.1) is 0 Å². The van der Waals surface area contributed by atoms with Crippen molar-refractivity contribution in [3.8, 4) is 11.1 Å². The molecule has 0 amide bonds. The zero-order chi connectivity index (χ0) is 24.2. The number of anilines is 1. The molecule has 2 aromatic heterocycles. The highest BCUT2D eigenvalue weighted by Gasteiger charge is 2.23. The number of pyridine rings is 2. The fourth-order valence-electron chi connectivity index (χ4n) is 4.90. The second kappa shape index (κ2) is 10.2. The van der Waals surface area contributed by atoms with E-state index in [4.69, 9.17) is 4.98 Å². The first kappa shape index (κ1) is 22.9. The Morgan fingerprint density at radius 2 is 1.83 bits per heavy atom. The monoisotopic (exact) mass is 463 g/mol. The van der Waals surface area contributed by atoms with Crippen LogP contribution in [0.3, 0.4) is 0 Å². The fourth-order valence-corrected chi connectivity index (χ4v) is 4.90. The molecule has 0 bridgehead atoms. The van der Waals surface area contributed by atoms with Gasteiger partial charge in [0, 0.05) is 42.0 Å². The third-order valence-corrected chi connectivity index (χ3v) is 6.81. The lowest BCUT2D eigenvalue weighted by Crippen LogP contribution is -2.35. The van der Waals surface area contributed by atoms with Gasteiger partial charge >= 0.3 is 0 Å². The molecule has 1 unspecified atom stereocenters. The van der Waals surface area contributed by atoms with E-state index >= 15 is 0 Å². The largest absolute Gasteiger partial charge is 0.392 e. The van der Waals surface area contributed by atoms with Crippen molar-refractivity contribution in [2.24, 2.45) is 0 Å². The number of benzene rings is 2. The van der Waals surface area contributed by atoms with Crippen LogP contribution < -0.4 is 4.90 Å². The quantitative estimate of drug-likeness (QED) is 0.379. The van der Waals surface area contributed by atoms with Gasteiger partial charge < -0.3 is 10.0 Å². The maximum absolute atomic E-state index is 13.6. The summed E-state index contributed by atoms with van der Waals surface area (Å²) in [6, 6.07) is 25.8. The predicted octanol–water partition coefficient (Wildman–Crippen LogP) is 5.56. The molecule has 35 heavy (non-hydrogen) atoms. The fraction of sp³-hybridized carbons (Fsp3) is 0.233. The number of nitrogens with zero attached hydrogens (tertiary/aromatic N) is 3. The van der Waals surface area contributed by atoms with E-state index in [0.29, 0.717) is 22.9 Å². The topological polar surface area (TPSA) is 66.3 Å². The van der Waals surface area contributed by atoms with E-state index < -0.39 is 0 Å². The highest BCUT2D eigenvalue weighted by atomic mass is 16.3. The maximum atomic E-state index is 13.6. The maximum Gasteiger partial charge on any atom is 0.213 e. The summed E-state index contributed by atoms with van der Waals surface area (Å²) in [5.41, 5.74) is 5.44. The first-order valence-electron chi connectivity index (χ1n) is 12.1. The predicted molar refractivity (Wildman–Crippen MR) is 139 cm³/mol. The molecule has 5 heteroatoms. The van der Waals surface area contributed by atoms with Gasteiger partial charge in [0.15, 0.2) is 0 Å². The number of aliphatic hydroxyl groups is 1. The van der Waals surface area contributed by atoms with Crippen LogP contribution in [0.25, 0.3) is 11.1 Å². The number of hydrogen-bond acceptors (Lipinski definition) is 5. The molecular weight excluding hydrogens is 434 g/mol. The SMILES string of the molecule is Cc1ncc(-c2ccccc2CO)cc1C(=O)c1cccc(N2CCCC(c3ccccc3)C2)n1. The summed E-state index contributed by atoms with van der Waals surface area (Å²) in [5, 5.41) is 9.73. The third kappa shape index (κ3) is 4.86. The lowest BCUT2D eigenvalue weighted by atomic mass is 9.90. The minimum atomic E-state index is -0.142. The van der Waals surface area contributed by atoms with Crippen LogP contribution in [0.2, 0.25) is 0 Å². The van der Waals surface area contributed by atoms with E-state index in [2.05, 4.69) is 40.2 Å². The Morgan fingerprint density at radius 1 is 1.03 bits per heavy atom. The number of aryl methyl sites for hydroxylation is 1. The van der Waals surface area contributed by atoms with Crippen LogP contribution in [0.4, 0.5) is 5.82 Å². The van der Waals surface area contributed by atoms with E-state index in [9.17, 15) is 9.90 Å². The molecule has 0 radical (unpaired) electrons. The van der Waals surface area contributed by atoms with Gasteiger partial charge in [0.25, 0.3) is 0 Å². The van der Waals surface area contributed by atoms with Gasteiger partial charge in [0.05, 0.1) is 6.61 Å². The van der Waals surface area contributed by atoms with Crippen LogP contribution in [0.1, 0.15) is 51.6 Å². The number of aromatic nitrogens is 2. The van der Waals surface area contributed by atoms with Crippen LogP contribution in [-0.2, 0) is 6.61 Å². The van der Waals surface area contributed by atoms with Crippen molar-refractivity contribution in [3.63, 3.8) is 0 Å². The minimum absolute atomic E-state index is 0.0727. The Labute approximate surface area is 206 Å². The van der Waals surface area contributed by atoms with E-state index in [1.54, 1.807) is 12.3 Å². The lowest BCUT2D eigenvalue weighted by molar-refractivity contribution is 0.103. The molecule has 1 fully saturated rings. The molecule has 3 heterocycles. The van der Waals surface area contributed by atoms with Crippen LogP contribution in [0, 0.1) is 6.92 Å². The number of hydrogen-bond donors (Lipinski definition) is 1. The van der Waals surface area contributed by atoms with Crippen molar-refractivity contribution in [2.75, 3.05) is 18.0 Å². The summed E-state index contributed by atoms with van der Waals surface area (Å²) in [7, 11) is 0. The van der Waals surface area contributed by atoms with Crippen LogP contribution in [0.15, 0.2) is 85.1 Å². The molecule has 0 spiro atoms. The molecule has 176 valence electrons. The second-order valence-electron chi connectivity index (χ2n) is 9.08. The zero-order valence-corrected chi connectivity index (χ0v) is 19.9. The third-order valence-electron chi connectivity index (χ3n) is 6.81. The molecule has 5 rings (SSSR count). The Bertz CT molecular complexity index is 1340.